The van der Waals surface area contributed by atoms with E-state index in [0.717, 1.165) is 11.3 Å². The molecule has 0 aliphatic carbocycles. The third-order valence-corrected chi connectivity index (χ3v) is 5.63. The third-order valence-electron chi connectivity index (χ3n) is 5.63. The molecule has 5 aromatic rings. The molecule has 0 fully saturated rings. The molecule has 3 aromatic carbocycles. The number of ether oxygens (including phenoxy) is 4. The SMILES string of the molecule is COc1ccc(-c2cc(=Nc3ccc4c(c3)OCO4)c3cc(OC(=O)c4ccco4)ccc3o2)cc1. The molecule has 1 aliphatic rings. The highest BCUT2D eigenvalue weighted by Gasteiger charge is 2.15. The quantitative estimate of drug-likeness (QED) is 0.229. The van der Waals surface area contributed by atoms with E-state index in [2.05, 4.69) is 0 Å². The molecular weight excluding hydrogens is 462 g/mol. The third kappa shape index (κ3) is 4.16. The summed E-state index contributed by atoms with van der Waals surface area (Å²) in [6.45, 7) is 0.179. The van der Waals surface area contributed by atoms with Gasteiger partial charge in [-0.2, -0.15) is 0 Å². The van der Waals surface area contributed by atoms with Crippen molar-refractivity contribution in [2.45, 2.75) is 0 Å². The Kier molecular flexibility index (Phi) is 5.38. The minimum Gasteiger partial charge on any atom is -0.497 e. The van der Waals surface area contributed by atoms with Gasteiger partial charge in [0.05, 0.1) is 24.4 Å². The van der Waals surface area contributed by atoms with Crippen LogP contribution in [0.15, 0.2) is 99.0 Å². The molecule has 0 saturated heterocycles. The second-order valence-electron chi connectivity index (χ2n) is 7.90. The van der Waals surface area contributed by atoms with Gasteiger partial charge in [-0.1, -0.05) is 0 Å². The van der Waals surface area contributed by atoms with Crippen molar-refractivity contribution in [1.82, 2.24) is 0 Å². The highest BCUT2D eigenvalue weighted by atomic mass is 16.7. The number of benzene rings is 3. The standard InChI is InChI=1S/C28H19NO7/c1-31-19-7-4-17(5-8-19)26-15-22(29-18-6-10-24-27(13-18)34-16-33-24)21-14-20(9-11-23(21)36-26)35-28(30)25-3-2-12-32-25/h2-15H,16H2,1H3. The first kappa shape index (κ1) is 21.5. The van der Waals surface area contributed by atoms with Crippen LogP contribution in [-0.2, 0) is 0 Å². The average molecular weight is 481 g/mol. The number of hydrogen-bond acceptors (Lipinski definition) is 8. The van der Waals surface area contributed by atoms with Gasteiger partial charge in [0.1, 0.15) is 22.8 Å². The smallest absolute Gasteiger partial charge is 0.379 e. The zero-order chi connectivity index (χ0) is 24.5. The molecule has 0 unspecified atom stereocenters. The van der Waals surface area contributed by atoms with Gasteiger partial charge in [-0.25, -0.2) is 9.79 Å². The number of rotatable bonds is 5. The zero-order valence-corrected chi connectivity index (χ0v) is 19.1. The lowest BCUT2D eigenvalue weighted by Crippen LogP contribution is -2.08. The van der Waals surface area contributed by atoms with Crippen LogP contribution in [0.5, 0.6) is 23.0 Å². The van der Waals surface area contributed by atoms with Crippen LogP contribution in [0.4, 0.5) is 5.69 Å². The van der Waals surface area contributed by atoms with Gasteiger partial charge in [0, 0.05) is 23.1 Å². The van der Waals surface area contributed by atoms with Crippen LogP contribution >= 0.6 is 0 Å². The largest absolute Gasteiger partial charge is 0.497 e. The molecule has 0 bridgehead atoms. The van der Waals surface area contributed by atoms with E-state index in [1.807, 2.05) is 48.5 Å². The van der Waals surface area contributed by atoms with Crippen molar-refractivity contribution in [3.05, 3.63) is 96.2 Å². The van der Waals surface area contributed by atoms with Crippen molar-refractivity contribution in [1.29, 1.82) is 0 Å². The van der Waals surface area contributed by atoms with Crippen molar-refractivity contribution >= 4 is 22.6 Å². The summed E-state index contributed by atoms with van der Waals surface area (Å²) in [7, 11) is 1.62. The van der Waals surface area contributed by atoms with Crippen LogP contribution in [-0.4, -0.2) is 19.9 Å². The Labute approximate surface area is 204 Å². The van der Waals surface area contributed by atoms with E-state index in [1.165, 1.54) is 6.26 Å². The number of nitrogens with zero attached hydrogens (tertiary/aromatic N) is 1. The second kappa shape index (κ2) is 8.99. The van der Waals surface area contributed by atoms with E-state index in [1.54, 1.807) is 37.4 Å². The normalized spacial score (nSPS) is 12.6. The fourth-order valence-electron chi connectivity index (χ4n) is 3.85. The minimum absolute atomic E-state index is 0.111. The van der Waals surface area contributed by atoms with Gasteiger partial charge < -0.3 is 27.8 Å². The van der Waals surface area contributed by atoms with Gasteiger partial charge >= 0.3 is 5.97 Å². The Hall–Kier alpha value is -4.98. The van der Waals surface area contributed by atoms with Gasteiger partial charge in [-0.3, -0.25) is 0 Å². The lowest BCUT2D eigenvalue weighted by atomic mass is 10.1. The lowest BCUT2D eigenvalue weighted by molar-refractivity contribution is 0.0701. The molecular formula is C28H19NO7. The molecule has 8 heteroatoms. The predicted octanol–water partition coefficient (Wildman–Crippen LogP) is 5.88. The molecule has 1 aliphatic heterocycles. The topological polar surface area (TPSA) is 92.6 Å². The van der Waals surface area contributed by atoms with Gasteiger partial charge in [0.25, 0.3) is 0 Å². The molecule has 0 spiro atoms. The lowest BCUT2D eigenvalue weighted by Gasteiger charge is -2.08. The Bertz CT molecular complexity index is 1630. The number of carbonyl (C=O) groups excluding carboxylic acids is 1. The molecule has 0 atom stereocenters. The van der Waals surface area contributed by atoms with Crippen LogP contribution in [0, 0.1) is 0 Å². The molecule has 0 saturated carbocycles. The maximum absolute atomic E-state index is 12.4. The zero-order valence-electron chi connectivity index (χ0n) is 19.1. The van der Waals surface area contributed by atoms with Gasteiger partial charge in [-0.05, 0) is 66.7 Å². The Balaban J connectivity index is 1.48. The number of fused-ring (bicyclic) bond motifs is 2. The average Bonchev–Trinajstić information content (AvgIpc) is 3.61. The van der Waals surface area contributed by atoms with Crippen LogP contribution < -0.4 is 24.3 Å². The van der Waals surface area contributed by atoms with Crippen LogP contribution in [0.1, 0.15) is 10.6 Å². The number of methoxy groups -OCH3 is 1. The number of carbonyl (C=O) groups is 1. The van der Waals surface area contributed by atoms with Gasteiger partial charge in [-0.15, -0.1) is 0 Å². The summed E-state index contributed by atoms with van der Waals surface area (Å²) in [5.74, 6) is 2.51. The van der Waals surface area contributed by atoms with Crippen molar-refractivity contribution in [3.63, 3.8) is 0 Å². The number of hydrogen-bond donors (Lipinski definition) is 0. The van der Waals surface area contributed by atoms with E-state index in [4.69, 9.17) is 32.8 Å². The van der Waals surface area contributed by atoms with Crippen molar-refractivity contribution in [3.8, 4) is 34.3 Å². The molecule has 0 N–H and O–H groups in total. The Morgan fingerprint density at radius 2 is 1.72 bits per heavy atom. The van der Waals surface area contributed by atoms with E-state index >= 15 is 0 Å². The van der Waals surface area contributed by atoms with Crippen molar-refractivity contribution in [2.24, 2.45) is 4.99 Å². The first-order valence-electron chi connectivity index (χ1n) is 11.1. The van der Waals surface area contributed by atoms with Gasteiger partial charge in [0.15, 0.2) is 11.5 Å². The summed E-state index contributed by atoms with van der Waals surface area (Å²) in [6.07, 6.45) is 1.42. The van der Waals surface area contributed by atoms with E-state index in [-0.39, 0.29) is 12.6 Å². The summed E-state index contributed by atoms with van der Waals surface area (Å²) in [5, 5.41) is 1.28. The van der Waals surface area contributed by atoms with Crippen molar-refractivity contribution in [2.75, 3.05) is 13.9 Å². The summed E-state index contributed by atoms with van der Waals surface area (Å²) < 4.78 is 33.0. The second-order valence-corrected chi connectivity index (χ2v) is 7.90. The number of furan rings is 1. The monoisotopic (exact) mass is 481 g/mol. The van der Waals surface area contributed by atoms with Crippen molar-refractivity contribution < 1.29 is 32.6 Å². The maximum Gasteiger partial charge on any atom is 0.379 e. The molecule has 0 radical (unpaired) electrons. The highest BCUT2D eigenvalue weighted by Crippen LogP contribution is 2.35. The predicted molar refractivity (Wildman–Crippen MR) is 130 cm³/mol. The summed E-state index contributed by atoms with van der Waals surface area (Å²) in [4.78, 5) is 17.2. The van der Waals surface area contributed by atoms with Gasteiger partial charge in [0.2, 0.25) is 12.6 Å². The Morgan fingerprint density at radius 1 is 0.889 bits per heavy atom. The van der Waals surface area contributed by atoms with E-state index < -0.39 is 5.97 Å². The first-order valence-corrected chi connectivity index (χ1v) is 11.1. The van der Waals surface area contributed by atoms with Crippen LogP contribution in [0.25, 0.3) is 22.3 Å². The fraction of sp³-hybridized carbons (Fsp3) is 0.0714. The molecule has 3 heterocycles. The van der Waals surface area contributed by atoms with Crippen LogP contribution in [0.3, 0.4) is 0 Å². The Morgan fingerprint density at radius 3 is 2.53 bits per heavy atom. The molecule has 36 heavy (non-hydrogen) atoms. The first-order chi connectivity index (χ1) is 17.7. The molecule has 2 aromatic heterocycles. The maximum atomic E-state index is 12.4. The minimum atomic E-state index is -0.597. The summed E-state index contributed by atoms with van der Waals surface area (Å²) in [5.41, 5.74) is 2.10. The van der Waals surface area contributed by atoms with E-state index in [9.17, 15) is 4.79 Å². The highest BCUT2D eigenvalue weighted by molar-refractivity contribution is 5.89. The molecule has 8 nitrogen and oxygen atoms in total. The summed E-state index contributed by atoms with van der Waals surface area (Å²) in [6, 6.07) is 23.1. The molecule has 0 amide bonds. The molecule has 6 rings (SSSR count). The van der Waals surface area contributed by atoms with Crippen LogP contribution in [0.2, 0.25) is 0 Å². The number of esters is 1. The fourth-order valence-corrected chi connectivity index (χ4v) is 3.85. The van der Waals surface area contributed by atoms with E-state index in [0.29, 0.717) is 45.0 Å². The molecule has 178 valence electrons. The summed E-state index contributed by atoms with van der Waals surface area (Å²) >= 11 is 0.